The van der Waals surface area contributed by atoms with E-state index in [1.165, 1.54) is 24.5 Å². The normalized spacial score (nSPS) is 10.5. The van der Waals surface area contributed by atoms with Crippen LogP contribution in [-0.4, -0.2) is 33.6 Å². The molecule has 2 aromatic carbocycles. The van der Waals surface area contributed by atoms with Crippen molar-refractivity contribution in [1.29, 1.82) is 0 Å². The molecule has 0 spiro atoms. The quantitative estimate of drug-likeness (QED) is 0.236. The third kappa shape index (κ3) is 5.22. The van der Waals surface area contributed by atoms with Gasteiger partial charge in [-0.15, -0.1) is 0 Å². The largest absolute Gasteiger partial charge is 0.478 e. The summed E-state index contributed by atoms with van der Waals surface area (Å²) < 4.78 is 4.91. The number of carbonyl (C=O) groups is 2. The van der Waals surface area contributed by atoms with Gasteiger partial charge in [-0.2, -0.15) is 0 Å². The lowest BCUT2D eigenvalue weighted by Gasteiger charge is -2.05. The fraction of sp³-hybridized carbons (Fsp3) is 0.0909. The van der Waals surface area contributed by atoms with E-state index < -0.39 is 5.97 Å². The zero-order valence-corrected chi connectivity index (χ0v) is 19.4. The molecule has 0 unspecified atom stereocenters. The van der Waals surface area contributed by atoms with Crippen molar-refractivity contribution in [3.8, 4) is 0 Å². The highest BCUT2D eigenvalue weighted by Crippen LogP contribution is 2.29. The Morgan fingerprint density at radius 1 is 0.812 bits per heavy atom. The van der Waals surface area contributed by atoms with Crippen molar-refractivity contribution < 1.29 is 19.4 Å². The van der Waals surface area contributed by atoms with Gasteiger partial charge in [-0.3, -0.25) is 0 Å². The molecule has 1 N–H and O–H groups in total. The summed E-state index contributed by atoms with van der Waals surface area (Å²) in [5, 5.41) is 13.0. The summed E-state index contributed by atoms with van der Waals surface area (Å²) in [6, 6.07) is 9.58. The van der Waals surface area contributed by atoms with Crippen LogP contribution in [0, 0.1) is 0 Å². The van der Waals surface area contributed by atoms with Gasteiger partial charge in [0.05, 0.1) is 27.8 Å². The zero-order chi connectivity index (χ0) is 23.4. The number of ether oxygens (including phenoxy) is 1. The average Bonchev–Trinajstić information content (AvgIpc) is 2.79. The minimum atomic E-state index is -1.01. The maximum Gasteiger partial charge on any atom is 0.338 e. The highest BCUT2D eigenvalue weighted by molar-refractivity contribution is 6.40. The Hall–Kier alpha value is -2.64. The number of carbonyl (C=O) groups excluding carboxylic acids is 1. The molecule has 0 bridgehead atoms. The number of hydrogen-bond donors (Lipinski definition) is 1. The van der Waals surface area contributed by atoms with Crippen molar-refractivity contribution in [2.24, 2.45) is 0 Å². The molecule has 0 amide bonds. The molecule has 2 heterocycles. The lowest BCUT2D eigenvalue weighted by Crippen LogP contribution is -2.04. The molecule has 4 rings (SSSR count). The first-order chi connectivity index (χ1) is 15.2. The molecule has 0 aliphatic carbocycles. The van der Waals surface area contributed by atoms with E-state index in [-0.39, 0.29) is 16.7 Å². The molecule has 164 valence electrons. The first-order valence-electron chi connectivity index (χ1n) is 9.10. The average molecular weight is 512 g/mol. The van der Waals surface area contributed by atoms with E-state index in [2.05, 4.69) is 9.97 Å². The molecule has 0 atom stereocenters. The molecular weight excluding hydrogens is 498 g/mol. The lowest BCUT2D eigenvalue weighted by molar-refractivity contribution is 0.0526. The second-order valence-electron chi connectivity index (χ2n) is 6.34. The van der Waals surface area contributed by atoms with Crippen molar-refractivity contribution in [3.05, 3.63) is 80.3 Å². The number of aromatic nitrogens is 2. The number of rotatable bonds is 3. The third-order valence-corrected chi connectivity index (χ3v) is 5.54. The topological polar surface area (TPSA) is 89.4 Å². The minimum absolute atomic E-state index is 0.161. The summed E-state index contributed by atoms with van der Waals surface area (Å²) in [6.07, 6.45) is 2.92. The molecule has 32 heavy (non-hydrogen) atoms. The Morgan fingerprint density at radius 3 is 1.75 bits per heavy atom. The van der Waals surface area contributed by atoms with Crippen molar-refractivity contribution in [1.82, 2.24) is 9.97 Å². The Morgan fingerprint density at radius 2 is 1.28 bits per heavy atom. The maximum absolute atomic E-state index is 11.6. The number of carboxylic acid groups (broad SMARTS) is 1. The van der Waals surface area contributed by atoms with Crippen LogP contribution in [0.5, 0.6) is 0 Å². The van der Waals surface area contributed by atoms with Gasteiger partial charge >= 0.3 is 11.9 Å². The lowest BCUT2D eigenvalue weighted by atomic mass is 10.1. The van der Waals surface area contributed by atoms with E-state index >= 15 is 0 Å². The third-order valence-electron chi connectivity index (χ3n) is 4.34. The summed E-state index contributed by atoms with van der Waals surface area (Å²) in [7, 11) is 0. The summed E-state index contributed by atoms with van der Waals surface area (Å²) in [5.74, 6) is -1.39. The Kier molecular flexibility index (Phi) is 7.74. The smallest absolute Gasteiger partial charge is 0.338 e. The summed E-state index contributed by atoms with van der Waals surface area (Å²) in [6.45, 7) is 2.09. The molecule has 0 aliphatic rings. The molecule has 10 heteroatoms. The van der Waals surface area contributed by atoms with Crippen LogP contribution in [0.4, 0.5) is 0 Å². The van der Waals surface area contributed by atoms with Gasteiger partial charge in [0.1, 0.15) is 10.3 Å². The number of pyridine rings is 2. The monoisotopic (exact) mass is 510 g/mol. The summed E-state index contributed by atoms with van der Waals surface area (Å²) in [4.78, 5) is 30.1. The first kappa shape index (κ1) is 24.0. The van der Waals surface area contributed by atoms with E-state index in [0.717, 1.165) is 5.39 Å². The number of carboxylic acids is 1. The molecule has 0 aliphatic heterocycles. The van der Waals surface area contributed by atoms with Crippen molar-refractivity contribution in [3.63, 3.8) is 0 Å². The number of aromatic carboxylic acids is 1. The highest BCUT2D eigenvalue weighted by atomic mass is 35.5. The fourth-order valence-corrected chi connectivity index (χ4v) is 3.66. The number of nitrogens with zero attached hydrogens (tertiary/aromatic N) is 2. The predicted octanol–water partition coefficient (Wildman–Crippen LogP) is 6.96. The first-order valence-corrected chi connectivity index (χ1v) is 10.6. The van der Waals surface area contributed by atoms with E-state index in [1.54, 1.807) is 31.2 Å². The van der Waals surface area contributed by atoms with Crippen LogP contribution >= 0.6 is 46.4 Å². The van der Waals surface area contributed by atoms with E-state index in [4.69, 9.17) is 56.2 Å². The Labute approximate surface area is 202 Å². The van der Waals surface area contributed by atoms with E-state index in [1.807, 2.05) is 0 Å². The van der Waals surface area contributed by atoms with Gasteiger partial charge in [0.25, 0.3) is 0 Å². The zero-order valence-electron chi connectivity index (χ0n) is 16.4. The Balaban J connectivity index is 0.000000182. The fourth-order valence-electron chi connectivity index (χ4n) is 2.83. The SMILES string of the molecule is CCOC(=O)c1ccc2c(Cl)cnc(Cl)c2c1.O=C(O)c1ccc2c(Cl)cnc(Cl)c2c1. The second kappa shape index (κ2) is 10.3. The molecule has 2 aromatic heterocycles. The molecule has 6 nitrogen and oxygen atoms in total. The molecule has 4 aromatic rings. The second-order valence-corrected chi connectivity index (χ2v) is 7.87. The number of fused-ring (bicyclic) bond motifs is 2. The highest BCUT2D eigenvalue weighted by Gasteiger charge is 2.11. The number of hydrogen-bond acceptors (Lipinski definition) is 5. The van der Waals surface area contributed by atoms with Crippen LogP contribution < -0.4 is 0 Å². The minimum Gasteiger partial charge on any atom is -0.478 e. The van der Waals surface area contributed by atoms with Gasteiger partial charge in [-0.25, -0.2) is 19.6 Å². The van der Waals surface area contributed by atoms with Crippen LogP contribution in [0.2, 0.25) is 20.4 Å². The van der Waals surface area contributed by atoms with Crippen molar-refractivity contribution in [2.75, 3.05) is 6.61 Å². The molecule has 0 saturated heterocycles. The van der Waals surface area contributed by atoms with Crippen LogP contribution in [0.1, 0.15) is 27.6 Å². The summed E-state index contributed by atoms with van der Waals surface area (Å²) in [5.41, 5.74) is 0.596. The van der Waals surface area contributed by atoms with Crippen LogP contribution in [0.15, 0.2) is 48.8 Å². The molecular formula is C22H14Cl4N2O4. The van der Waals surface area contributed by atoms with Crippen molar-refractivity contribution >= 4 is 79.9 Å². The van der Waals surface area contributed by atoms with Crippen LogP contribution in [-0.2, 0) is 4.74 Å². The van der Waals surface area contributed by atoms with Gasteiger partial charge in [0, 0.05) is 33.9 Å². The summed E-state index contributed by atoms with van der Waals surface area (Å²) >= 11 is 23.7. The molecule has 0 radical (unpaired) electrons. The van der Waals surface area contributed by atoms with Gasteiger partial charge in [-0.1, -0.05) is 58.5 Å². The van der Waals surface area contributed by atoms with Crippen LogP contribution in [0.25, 0.3) is 21.5 Å². The van der Waals surface area contributed by atoms with Crippen LogP contribution in [0.3, 0.4) is 0 Å². The number of benzene rings is 2. The van der Waals surface area contributed by atoms with E-state index in [9.17, 15) is 9.59 Å². The van der Waals surface area contributed by atoms with Gasteiger partial charge in [0.2, 0.25) is 0 Å². The van der Waals surface area contributed by atoms with E-state index in [0.29, 0.717) is 43.5 Å². The number of halogens is 4. The van der Waals surface area contributed by atoms with Gasteiger partial charge in [0.15, 0.2) is 0 Å². The van der Waals surface area contributed by atoms with Gasteiger partial charge in [-0.05, 0) is 31.2 Å². The molecule has 0 fully saturated rings. The molecule has 0 saturated carbocycles. The number of esters is 1. The Bertz CT molecular complexity index is 1340. The van der Waals surface area contributed by atoms with Crippen molar-refractivity contribution in [2.45, 2.75) is 6.92 Å². The standard InChI is InChI=1S/C12H9Cl2NO2.C10H5Cl2NO2/c1-2-17-12(16)7-3-4-8-9(5-7)11(14)15-6-10(8)13;11-8-4-13-9(12)7-3-5(10(14)15)1-2-6(7)8/h3-6H,2H2,1H3;1-4H,(H,14,15). The predicted molar refractivity (Wildman–Crippen MR) is 126 cm³/mol. The maximum atomic E-state index is 11.6. The van der Waals surface area contributed by atoms with Gasteiger partial charge < -0.3 is 9.84 Å².